The van der Waals surface area contributed by atoms with E-state index in [1.807, 2.05) is 25.1 Å². The summed E-state index contributed by atoms with van der Waals surface area (Å²) >= 11 is 1.64. The molecular formula is C21H22N2O3S. The smallest absolute Gasteiger partial charge is 0.231 e. The van der Waals surface area contributed by atoms with Crippen LogP contribution in [0, 0.1) is 0 Å². The largest absolute Gasteiger partial charge is 0.454 e. The van der Waals surface area contributed by atoms with Crippen LogP contribution in [0.15, 0.2) is 47.8 Å². The van der Waals surface area contributed by atoms with Gasteiger partial charge < -0.3 is 19.5 Å². The van der Waals surface area contributed by atoms with Gasteiger partial charge in [-0.1, -0.05) is 24.3 Å². The molecule has 2 aromatic carbocycles. The number of aromatic nitrogens is 1. The van der Waals surface area contributed by atoms with Crippen LogP contribution in [-0.2, 0) is 24.4 Å². The van der Waals surface area contributed by atoms with E-state index in [9.17, 15) is 0 Å². The number of hydrogen-bond acceptors (Lipinski definition) is 6. The van der Waals surface area contributed by atoms with Crippen molar-refractivity contribution in [2.75, 3.05) is 13.4 Å². The number of rotatable bonds is 8. The number of hydrogen-bond donors (Lipinski definition) is 1. The van der Waals surface area contributed by atoms with Gasteiger partial charge in [0, 0.05) is 30.6 Å². The first-order chi connectivity index (χ1) is 13.3. The second-order valence-corrected chi connectivity index (χ2v) is 7.13. The summed E-state index contributed by atoms with van der Waals surface area (Å²) in [6.07, 6.45) is 0. The van der Waals surface area contributed by atoms with E-state index in [1.165, 1.54) is 11.1 Å². The molecule has 0 saturated carbocycles. The molecule has 0 atom stereocenters. The predicted molar refractivity (Wildman–Crippen MR) is 106 cm³/mol. The number of fused-ring (bicyclic) bond motifs is 1. The maximum atomic E-state index is 5.45. The second-order valence-electron chi connectivity index (χ2n) is 6.27. The molecule has 5 nitrogen and oxygen atoms in total. The van der Waals surface area contributed by atoms with E-state index >= 15 is 0 Å². The maximum Gasteiger partial charge on any atom is 0.231 e. The Labute approximate surface area is 162 Å². The van der Waals surface area contributed by atoms with Crippen LogP contribution in [0.5, 0.6) is 11.5 Å². The Bertz CT molecular complexity index is 893. The van der Waals surface area contributed by atoms with E-state index in [4.69, 9.17) is 19.2 Å². The predicted octanol–water partition coefficient (Wildman–Crippen LogP) is 4.37. The van der Waals surface area contributed by atoms with Gasteiger partial charge in [-0.25, -0.2) is 4.98 Å². The minimum absolute atomic E-state index is 0.290. The topological polar surface area (TPSA) is 52.6 Å². The first-order valence-electron chi connectivity index (χ1n) is 9.02. The zero-order valence-electron chi connectivity index (χ0n) is 15.2. The summed E-state index contributed by atoms with van der Waals surface area (Å²) in [5.41, 5.74) is 4.55. The molecule has 27 heavy (non-hydrogen) atoms. The van der Waals surface area contributed by atoms with Crippen molar-refractivity contribution in [2.45, 2.75) is 26.6 Å². The highest BCUT2D eigenvalue weighted by molar-refractivity contribution is 7.13. The zero-order chi connectivity index (χ0) is 18.5. The summed E-state index contributed by atoms with van der Waals surface area (Å²) < 4.78 is 16.2. The molecular weight excluding hydrogens is 360 g/mol. The summed E-state index contributed by atoms with van der Waals surface area (Å²) in [6, 6.07) is 14.5. The summed E-state index contributed by atoms with van der Waals surface area (Å²) in [7, 11) is 0. The van der Waals surface area contributed by atoms with Crippen LogP contribution < -0.4 is 14.8 Å². The normalized spacial score (nSPS) is 12.5. The van der Waals surface area contributed by atoms with Crippen LogP contribution in [0.25, 0.3) is 10.6 Å². The fraction of sp³-hybridized carbons (Fsp3) is 0.286. The summed E-state index contributed by atoms with van der Waals surface area (Å²) in [5, 5.41) is 6.54. The summed E-state index contributed by atoms with van der Waals surface area (Å²) in [6.45, 7) is 5.26. The van der Waals surface area contributed by atoms with Crippen LogP contribution in [-0.4, -0.2) is 18.4 Å². The number of ether oxygens (including phenoxy) is 3. The van der Waals surface area contributed by atoms with Crippen LogP contribution in [0.2, 0.25) is 0 Å². The third-order valence-electron chi connectivity index (χ3n) is 4.30. The lowest BCUT2D eigenvalue weighted by Crippen LogP contribution is -2.12. The van der Waals surface area contributed by atoms with Crippen molar-refractivity contribution < 1.29 is 14.2 Å². The molecule has 1 aliphatic heterocycles. The average Bonchev–Trinajstić information content (AvgIpc) is 3.36. The van der Waals surface area contributed by atoms with E-state index in [-0.39, 0.29) is 0 Å². The number of benzene rings is 2. The molecule has 3 aromatic rings. The van der Waals surface area contributed by atoms with E-state index in [1.54, 1.807) is 11.3 Å². The SMILES string of the molecule is CCOCc1ccc(CNCc2csc(-c3ccc4c(c3)OCO4)n2)cc1. The van der Waals surface area contributed by atoms with Gasteiger partial charge in [0.05, 0.1) is 12.3 Å². The van der Waals surface area contributed by atoms with Crippen molar-refractivity contribution >= 4 is 11.3 Å². The first-order valence-corrected chi connectivity index (χ1v) is 9.90. The third kappa shape index (κ3) is 4.47. The Balaban J connectivity index is 1.31. The monoisotopic (exact) mass is 382 g/mol. The number of nitrogens with zero attached hydrogens (tertiary/aromatic N) is 1. The number of thiazole rings is 1. The Morgan fingerprint density at radius 3 is 2.70 bits per heavy atom. The molecule has 0 amide bonds. The molecule has 0 spiro atoms. The average molecular weight is 382 g/mol. The fourth-order valence-electron chi connectivity index (χ4n) is 2.86. The van der Waals surface area contributed by atoms with Gasteiger partial charge in [-0.15, -0.1) is 11.3 Å². The van der Waals surface area contributed by atoms with E-state index < -0.39 is 0 Å². The van der Waals surface area contributed by atoms with E-state index in [0.717, 1.165) is 47.5 Å². The molecule has 0 aliphatic carbocycles. The molecule has 0 saturated heterocycles. The minimum Gasteiger partial charge on any atom is -0.454 e. The molecule has 6 heteroatoms. The van der Waals surface area contributed by atoms with Gasteiger partial charge in [0.25, 0.3) is 0 Å². The second kappa shape index (κ2) is 8.52. The Kier molecular flexibility index (Phi) is 5.67. The first kappa shape index (κ1) is 18.0. The summed E-state index contributed by atoms with van der Waals surface area (Å²) in [4.78, 5) is 4.73. The van der Waals surface area contributed by atoms with Crippen molar-refractivity contribution in [1.82, 2.24) is 10.3 Å². The molecule has 0 unspecified atom stereocenters. The lowest BCUT2D eigenvalue weighted by atomic mass is 10.1. The third-order valence-corrected chi connectivity index (χ3v) is 5.24. The molecule has 1 aromatic heterocycles. The molecule has 0 bridgehead atoms. The van der Waals surface area contributed by atoms with Crippen molar-refractivity contribution in [1.29, 1.82) is 0 Å². The maximum absolute atomic E-state index is 5.45. The minimum atomic E-state index is 0.290. The lowest BCUT2D eigenvalue weighted by molar-refractivity contribution is 0.134. The zero-order valence-corrected chi connectivity index (χ0v) is 16.1. The highest BCUT2D eigenvalue weighted by atomic mass is 32.1. The Morgan fingerprint density at radius 2 is 1.85 bits per heavy atom. The van der Waals surface area contributed by atoms with Crippen molar-refractivity contribution in [2.24, 2.45) is 0 Å². The van der Waals surface area contributed by atoms with Crippen LogP contribution in [0.3, 0.4) is 0 Å². The highest BCUT2D eigenvalue weighted by Gasteiger charge is 2.15. The van der Waals surface area contributed by atoms with Crippen molar-refractivity contribution in [3.63, 3.8) is 0 Å². The quantitative estimate of drug-likeness (QED) is 0.627. The van der Waals surface area contributed by atoms with Gasteiger partial charge in [0.15, 0.2) is 11.5 Å². The van der Waals surface area contributed by atoms with Crippen LogP contribution >= 0.6 is 11.3 Å². The van der Waals surface area contributed by atoms with Gasteiger partial charge in [-0.3, -0.25) is 0 Å². The molecule has 0 radical (unpaired) electrons. The number of nitrogens with one attached hydrogen (secondary N) is 1. The van der Waals surface area contributed by atoms with Crippen molar-refractivity contribution in [3.05, 3.63) is 64.7 Å². The van der Waals surface area contributed by atoms with Gasteiger partial charge in [0.2, 0.25) is 6.79 Å². The molecule has 4 rings (SSSR count). The van der Waals surface area contributed by atoms with Gasteiger partial charge in [0.1, 0.15) is 5.01 Å². The van der Waals surface area contributed by atoms with Crippen LogP contribution in [0.4, 0.5) is 0 Å². The molecule has 1 N–H and O–H groups in total. The van der Waals surface area contributed by atoms with Crippen molar-refractivity contribution in [3.8, 4) is 22.1 Å². The standard InChI is InChI=1S/C21H22N2O3S/c1-2-24-12-16-5-3-15(4-6-16)10-22-11-18-13-27-21(23-18)17-7-8-19-20(9-17)26-14-25-19/h3-9,13,22H,2,10-12,14H2,1H3. The van der Waals surface area contributed by atoms with E-state index in [2.05, 4.69) is 35.0 Å². The molecule has 0 fully saturated rings. The molecule has 1 aliphatic rings. The van der Waals surface area contributed by atoms with Gasteiger partial charge in [-0.2, -0.15) is 0 Å². The highest BCUT2D eigenvalue weighted by Crippen LogP contribution is 2.36. The van der Waals surface area contributed by atoms with Gasteiger partial charge in [-0.05, 0) is 36.2 Å². The summed E-state index contributed by atoms with van der Waals surface area (Å²) in [5.74, 6) is 1.58. The Morgan fingerprint density at radius 1 is 1.04 bits per heavy atom. The molecule has 140 valence electrons. The van der Waals surface area contributed by atoms with E-state index in [0.29, 0.717) is 13.4 Å². The van der Waals surface area contributed by atoms with Gasteiger partial charge >= 0.3 is 0 Å². The fourth-order valence-corrected chi connectivity index (χ4v) is 3.68. The Hall–Kier alpha value is -2.41. The molecule has 2 heterocycles. The van der Waals surface area contributed by atoms with Crippen LogP contribution in [0.1, 0.15) is 23.7 Å². The lowest BCUT2D eigenvalue weighted by Gasteiger charge is -2.05.